The third kappa shape index (κ3) is 7.27. The number of hydrogen-bond donors (Lipinski definition) is 0. The quantitative estimate of drug-likeness (QED) is 0.446. The highest BCUT2D eigenvalue weighted by molar-refractivity contribution is 7.91. The number of amides is 1. The average molecular weight is 424 g/mol. The molecule has 1 unspecified atom stereocenters. The van der Waals surface area contributed by atoms with Crippen molar-refractivity contribution in [1.82, 2.24) is 4.90 Å². The van der Waals surface area contributed by atoms with Gasteiger partial charge in [0.1, 0.15) is 0 Å². The summed E-state index contributed by atoms with van der Waals surface area (Å²) in [6.45, 7) is 5.76. The third-order valence-electron chi connectivity index (χ3n) is 4.82. The van der Waals surface area contributed by atoms with Crippen LogP contribution in [0.5, 0.6) is 0 Å². The first-order valence-electron chi connectivity index (χ1n) is 9.83. The van der Waals surface area contributed by atoms with E-state index in [1.165, 1.54) is 4.90 Å². The highest BCUT2D eigenvalue weighted by Gasteiger charge is 2.35. The normalized spacial score (nSPS) is 17.9. The number of carbonyl (C=O) groups is 3. The minimum absolute atomic E-state index is 0.00661. The predicted octanol–water partition coefficient (Wildman–Crippen LogP) is 2.17. The van der Waals surface area contributed by atoms with Gasteiger partial charge in [0, 0.05) is 24.6 Å². The molecule has 2 rings (SSSR count). The summed E-state index contributed by atoms with van der Waals surface area (Å²) in [4.78, 5) is 38.2. The Labute approximate surface area is 172 Å². The minimum atomic E-state index is -3.13. The Bertz CT molecular complexity index is 844. The van der Waals surface area contributed by atoms with Crippen molar-refractivity contribution >= 4 is 27.5 Å². The summed E-state index contributed by atoms with van der Waals surface area (Å²) in [6, 6.07) is 6.71. The van der Waals surface area contributed by atoms with Crippen LogP contribution in [-0.2, 0) is 24.2 Å². The second-order valence-corrected chi connectivity index (χ2v) is 10.2. The molecule has 1 amide bonds. The van der Waals surface area contributed by atoms with Gasteiger partial charge >= 0.3 is 5.97 Å². The topological polar surface area (TPSA) is 97.8 Å². The van der Waals surface area contributed by atoms with Crippen molar-refractivity contribution < 1.29 is 27.5 Å². The standard InChI is InChI=1S/C21H29NO6S/c1-15(2)12-22(18-10-11-29(26,27)14-18)20(24)13-28-21(25)9-8-19(23)17-6-4-16(3)5-7-17/h4-7,15,18H,8-14H2,1-3H3. The fraction of sp³-hybridized carbons (Fsp3) is 0.571. The molecule has 8 heteroatoms. The zero-order valence-electron chi connectivity index (χ0n) is 17.2. The summed E-state index contributed by atoms with van der Waals surface area (Å²) in [5, 5.41) is 0. The highest BCUT2D eigenvalue weighted by Crippen LogP contribution is 2.19. The molecule has 0 saturated carbocycles. The van der Waals surface area contributed by atoms with Gasteiger partial charge in [0.25, 0.3) is 5.91 Å². The van der Waals surface area contributed by atoms with Crippen LogP contribution in [0.2, 0.25) is 0 Å². The van der Waals surface area contributed by atoms with E-state index >= 15 is 0 Å². The number of rotatable bonds is 9. The minimum Gasteiger partial charge on any atom is -0.456 e. The number of esters is 1. The maximum atomic E-state index is 12.6. The molecule has 160 valence electrons. The maximum absolute atomic E-state index is 12.6. The Balaban J connectivity index is 1.84. The van der Waals surface area contributed by atoms with Crippen molar-refractivity contribution in [2.45, 2.75) is 46.1 Å². The first kappa shape index (κ1) is 23.1. The summed E-state index contributed by atoms with van der Waals surface area (Å²) in [7, 11) is -3.13. The lowest BCUT2D eigenvalue weighted by Crippen LogP contribution is -2.45. The molecule has 1 aliphatic heterocycles. The largest absolute Gasteiger partial charge is 0.456 e. The van der Waals surface area contributed by atoms with Crippen molar-refractivity contribution in [2.75, 3.05) is 24.7 Å². The third-order valence-corrected chi connectivity index (χ3v) is 6.57. The smallest absolute Gasteiger partial charge is 0.306 e. The molecule has 1 atom stereocenters. The van der Waals surface area contributed by atoms with Gasteiger partial charge in [-0.15, -0.1) is 0 Å². The number of sulfone groups is 1. The van der Waals surface area contributed by atoms with Crippen LogP contribution in [0.1, 0.15) is 49.0 Å². The Morgan fingerprint density at radius 3 is 2.34 bits per heavy atom. The van der Waals surface area contributed by atoms with Crippen molar-refractivity contribution in [3.63, 3.8) is 0 Å². The molecule has 29 heavy (non-hydrogen) atoms. The SMILES string of the molecule is Cc1ccc(C(=O)CCC(=O)OCC(=O)N(CC(C)C)C2CCS(=O)(=O)C2)cc1. The number of nitrogens with zero attached hydrogens (tertiary/aromatic N) is 1. The number of ether oxygens (including phenoxy) is 1. The Morgan fingerprint density at radius 2 is 1.79 bits per heavy atom. The van der Waals surface area contributed by atoms with Crippen molar-refractivity contribution in [3.05, 3.63) is 35.4 Å². The summed E-state index contributed by atoms with van der Waals surface area (Å²) in [5.41, 5.74) is 1.57. The van der Waals surface area contributed by atoms with Crippen LogP contribution in [0.15, 0.2) is 24.3 Å². The van der Waals surface area contributed by atoms with Gasteiger partial charge in [-0.2, -0.15) is 0 Å². The van der Waals surface area contributed by atoms with Crippen LogP contribution in [0.3, 0.4) is 0 Å². The molecule has 0 radical (unpaired) electrons. The molecule has 0 N–H and O–H groups in total. The number of aryl methyl sites for hydroxylation is 1. The highest BCUT2D eigenvalue weighted by atomic mass is 32.2. The molecule has 1 fully saturated rings. The molecule has 0 bridgehead atoms. The van der Waals surface area contributed by atoms with Gasteiger partial charge in [-0.1, -0.05) is 43.7 Å². The second-order valence-electron chi connectivity index (χ2n) is 7.95. The van der Waals surface area contributed by atoms with Crippen molar-refractivity contribution in [1.29, 1.82) is 0 Å². The first-order chi connectivity index (χ1) is 13.6. The Kier molecular flexibility index (Phi) is 7.96. The van der Waals surface area contributed by atoms with E-state index in [0.717, 1.165) is 5.56 Å². The van der Waals surface area contributed by atoms with Gasteiger partial charge in [-0.3, -0.25) is 14.4 Å². The molecule has 1 aromatic rings. The first-order valence-corrected chi connectivity index (χ1v) is 11.6. The van der Waals surface area contributed by atoms with E-state index in [4.69, 9.17) is 4.74 Å². The van der Waals surface area contributed by atoms with E-state index in [2.05, 4.69) is 0 Å². The number of carbonyl (C=O) groups excluding carboxylic acids is 3. The maximum Gasteiger partial charge on any atom is 0.306 e. The molecule has 1 saturated heterocycles. The lowest BCUT2D eigenvalue weighted by Gasteiger charge is -2.29. The number of benzene rings is 1. The van der Waals surface area contributed by atoms with Crippen LogP contribution < -0.4 is 0 Å². The van der Waals surface area contributed by atoms with E-state index in [1.807, 2.05) is 32.9 Å². The van der Waals surface area contributed by atoms with E-state index in [-0.39, 0.29) is 42.1 Å². The van der Waals surface area contributed by atoms with Gasteiger partial charge in [-0.25, -0.2) is 8.42 Å². The Hall–Kier alpha value is -2.22. The van der Waals surface area contributed by atoms with Crippen LogP contribution in [0.4, 0.5) is 0 Å². The molecule has 0 spiro atoms. The van der Waals surface area contributed by atoms with E-state index in [0.29, 0.717) is 18.5 Å². The van der Waals surface area contributed by atoms with Crippen LogP contribution in [0, 0.1) is 12.8 Å². The predicted molar refractivity (Wildman–Crippen MR) is 109 cm³/mol. The van der Waals surface area contributed by atoms with Gasteiger partial charge in [0.05, 0.1) is 17.9 Å². The summed E-state index contributed by atoms with van der Waals surface area (Å²) in [6.07, 6.45) is 0.300. The molecular formula is C21H29NO6S. The van der Waals surface area contributed by atoms with Gasteiger partial charge in [-0.05, 0) is 19.3 Å². The average Bonchev–Trinajstić information content (AvgIpc) is 3.02. The van der Waals surface area contributed by atoms with Crippen LogP contribution in [0.25, 0.3) is 0 Å². The molecule has 7 nitrogen and oxygen atoms in total. The molecule has 1 aromatic carbocycles. The molecule has 0 aromatic heterocycles. The number of ketones is 1. The second kappa shape index (κ2) is 10.0. The fourth-order valence-corrected chi connectivity index (χ4v) is 5.00. The number of hydrogen-bond acceptors (Lipinski definition) is 6. The Morgan fingerprint density at radius 1 is 1.14 bits per heavy atom. The summed E-state index contributed by atoms with van der Waals surface area (Å²) < 4.78 is 28.5. The monoisotopic (exact) mass is 423 g/mol. The van der Waals surface area contributed by atoms with Crippen molar-refractivity contribution in [3.8, 4) is 0 Å². The van der Waals surface area contributed by atoms with Gasteiger partial charge in [0.15, 0.2) is 22.2 Å². The fourth-order valence-electron chi connectivity index (χ4n) is 3.27. The molecule has 0 aliphatic carbocycles. The van der Waals surface area contributed by atoms with E-state index < -0.39 is 28.3 Å². The van der Waals surface area contributed by atoms with Crippen LogP contribution in [-0.4, -0.2) is 61.7 Å². The molecular weight excluding hydrogens is 394 g/mol. The zero-order valence-corrected chi connectivity index (χ0v) is 18.0. The lowest BCUT2D eigenvalue weighted by molar-refractivity contribution is -0.153. The van der Waals surface area contributed by atoms with E-state index in [9.17, 15) is 22.8 Å². The van der Waals surface area contributed by atoms with Crippen LogP contribution >= 0.6 is 0 Å². The summed E-state index contributed by atoms with van der Waals surface area (Å²) >= 11 is 0. The molecule has 1 heterocycles. The van der Waals surface area contributed by atoms with Crippen molar-refractivity contribution in [2.24, 2.45) is 5.92 Å². The number of Topliss-reactive ketones (excluding diaryl/α,β-unsaturated/α-hetero) is 1. The lowest BCUT2D eigenvalue weighted by atomic mass is 10.1. The molecule has 1 aliphatic rings. The summed E-state index contributed by atoms with van der Waals surface area (Å²) in [5.74, 6) is -1.01. The van der Waals surface area contributed by atoms with Gasteiger partial charge in [0.2, 0.25) is 0 Å². The zero-order chi connectivity index (χ0) is 21.6. The van der Waals surface area contributed by atoms with E-state index in [1.54, 1.807) is 12.1 Å². The van der Waals surface area contributed by atoms with Gasteiger partial charge < -0.3 is 9.64 Å².